The summed E-state index contributed by atoms with van der Waals surface area (Å²) in [7, 11) is 0. The van der Waals surface area contributed by atoms with Gasteiger partial charge < -0.3 is 9.84 Å². The zero-order chi connectivity index (χ0) is 14.2. The summed E-state index contributed by atoms with van der Waals surface area (Å²) in [6, 6.07) is 3.74. The van der Waals surface area contributed by atoms with E-state index in [-0.39, 0.29) is 5.75 Å². The number of fused-ring (bicyclic) bond motifs is 1. The molecule has 1 aliphatic heterocycles. The van der Waals surface area contributed by atoms with Crippen molar-refractivity contribution in [1.29, 1.82) is 0 Å². The van der Waals surface area contributed by atoms with Gasteiger partial charge in [0, 0.05) is 0 Å². The third-order valence-electron chi connectivity index (χ3n) is 4.14. The van der Waals surface area contributed by atoms with Gasteiger partial charge in [-0.05, 0) is 24.5 Å². The molecule has 20 heavy (non-hydrogen) atoms. The van der Waals surface area contributed by atoms with Gasteiger partial charge in [-0.3, -0.25) is 0 Å². The summed E-state index contributed by atoms with van der Waals surface area (Å²) in [5.74, 6) is 1.92. The smallest absolute Gasteiger partial charge is 0.211 e. The molecular formula is C18H28O2. The first-order valence-electron chi connectivity index (χ1n) is 8.35. The van der Waals surface area contributed by atoms with Crippen molar-refractivity contribution in [2.24, 2.45) is 0 Å². The first-order valence-corrected chi connectivity index (χ1v) is 8.35. The highest BCUT2D eigenvalue weighted by molar-refractivity contribution is 5.66. The lowest BCUT2D eigenvalue weighted by molar-refractivity contribution is 0.463. The summed E-state index contributed by atoms with van der Waals surface area (Å²) < 4.78 is 5.29. The van der Waals surface area contributed by atoms with Crippen LogP contribution >= 0.6 is 0 Å². The number of unbranched alkanes of at least 4 members (excludes halogenated alkanes) is 9. The molecule has 0 radical (unpaired) electrons. The van der Waals surface area contributed by atoms with Crippen LogP contribution in [0.1, 0.15) is 76.7 Å². The number of ether oxygens (including phenoxy) is 1. The Kier molecular flexibility index (Phi) is 6.23. The van der Waals surface area contributed by atoms with Crippen LogP contribution in [0.4, 0.5) is 0 Å². The van der Waals surface area contributed by atoms with E-state index in [4.69, 9.17) is 4.74 Å². The molecular weight excluding hydrogens is 248 g/mol. The zero-order valence-electron chi connectivity index (χ0n) is 12.8. The van der Waals surface area contributed by atoms with Crippen molar-refractivity contribution in [3.63, 3.8) is 0 Å². The maximum Gasteiger partial charge on any atom is 0.211 e. The first-order chi connectivity index (χ1) is 9.83. The maximum absolute atomic E-state index is 9.42. The number of phenolic OH excluding ortho intramolecular Hbond substituents is 1. The lowest BCUT2D eigenvalue weighted by atomic mass is 10.0. The zero-order valence-corrected chi connectivity index (χ0v) is 12.8. The van der Waals surface area contributed by atoms with Crippen molar-refractivity contribution >= 4 is 0 Å². The van der Waals surface area contributed by atoms with Crippen LogP contribution in [0.3, 0.4) is 0 Å². The maximum atomic E-state index is 9.42. The molecule has 112 valence electrons. The van der Waals surface area contributed by atoms with Gasteiger partial charge in [-0.2, -0.15) is 0 Å². The van der Waals surface area contributed by atoms with E-state index in [0.29, 0.717) is 5.75 Å². The Morgan fingerprint density at radius 1 is 0.800 bits per heavy atom. The van der Waals surface area contributed by atoms with Crippen molar-refractivity contribution in [2.75, 3.05) is 0 Å². The predicted molar refractivity (Wildman–Crippen MR) is 83.7 cm³/mol. The molecule has 2 rings (SSSR count). The van der Waals surface area contributed by atoms with E-state index in [1.165, 1.54) is 69.8 Å². The molecule has 1 N–H and O–H groups in total. The fraction of sp³-hybridized carbons (Fsp3) is 0.667. The molecule has 1 heterocycles. The third kappa shape index (κ3) is 4.73. The van der Waals surface area contributed by atoms with Crippen molar-refractivity contribution in [1.82, 2.24) is 0 Å². The Balaban J connectivity index is 1.44. The van der Waals surface area contributed by atoms with Gasteiger partial charge in [0.25, 0.3) is 0 Å². The molecule has 0 saturated heterocycles. The van der Waals surface area contributed by atoms with Gasteiger partial charge in [0.2, 0.25) is 5.75 Å². The molecule has 0 unspecified atom stereocenters. The van der Waals surface area contributed by atoms with E-state index in [9.17, 15) is 5.11 Å². The summed E-state index contributed by atoms with van der Waals surface area (Å²) in [5, 5.41) is 9.42. The van der Waals surface area contributed by atoms with Gasteiger partial charge in [-0.15, -0.1) is 0 Å². The topological polar surface area (TPSA) is 32.8 Å². The van der Waals surface area contributed by atoms with Crippen molar-refractivity contribution in [3.8, 4) is 17.2 Å². The molecule has 2 nitrogen and oxygen atoms in total. The molecule has 0 aliphatic carbocycles. The van der Waals surface area contributed by atoms with Gasteiger partial charge in [0.15, 0.2) is 11.5 Å². The SMILES string of the molecule is CCCCCCCCCCCCc1ccc(O)c2c1O2. The highest BCUT2D eigenvalue weighted by atomic mass is 16.6. The minimum atomic E-state index is 0.284. The number of hydrogen-bond acceptors (Lipinski definition) is 2. The van der Waals surface area contributed by atoms with Crippen LogP contribution < -0.4 is 4.74 Å². The van der Waals surface area contributed by atoms with Crippen LogP contribution in [0.15, 0.2) is 12.1 Å². The van der Waals surface area contributed by atoms with E-state index in [2.05, 4.69) is 6.92 Å². The standard InChI is InChI=1S/C18H28O2/c1-2-3-4-5-6-7-8-9-10-11-12-15-13-14-16(19)18-17(15)20-18/h13-14,19H,2-12H2,1H3. The molecule has 0 saturated carbocycles. The third-order valence-corrected chi connectivity index (χ3v) is 4.14. The normalized spacial score (nSPS) is 12.1. The molecule has 2 heteroatoms. The predicted octanol–water partition coefficient (Wildman–Crippen LogP) is 5.96. The molecule has 1 aromatic rings. The van der Waals surface area contributed by atoms with E-state index in [1.807, 2.05) is 6.07 Å². The van der Waals surface area contributed by atoms with Gasteiger partial charge in [0.05, 0.1) is 0 Å². The summed E-state index contributed by atoms with van der Waals surface area (Å²) in [5.41, 5.74) is 1.26. The number of aromatic hydroxyl groups is 1. The van der Waals surface area contributed by atoms with Crippen LogP contribution in [0.2, 0.25) is 0 Å². The fourth-order valence-corrected chi connectivity index (χ4v) is 2.79. The minimum absolute atomic E-state index is 0.284. The van der Waals surface area contributed by atoms with Crippen LogP contribution in [-0.2, 0) is 6.42 Å². The molecule has 0 fully saturated rings. The van der Waals surface area contributed by atoms with Crippen LogP contribution in [0.5, 0.6) is 17.2 Å². The van der Waals surface area contributed by atoms with Crippen LogP contribution in [0.25, 0.3) is 0 Å². The van der Waals surface area contributed by atoms with Crippen LogP contribution in [-0.4, -0.2) is 5.11 Å². The number of phenols is 1. The molecule has 0 amide bonds. The molecule has 1 aliphatic rings. The lowest BCUT2D eigenvalue weighted by Gasteiger charge is -2.02. The number of rotatable bonds is 11. The summed E-state index contributed by atoms with van der Waals surface area (Å²) >= 11 is 0. The average Bonchev–Trinajstić information content (AvgIpc) is 3.24. The Morgan fingerprint density at radius 2 is 1.40 bits per heavy atom. The van der Waals surface area contributed by atoms with Crippen molar-refractivity contribution < 1.29 is 9.84 Å². The second-order valence-electron chi connectivity index (χ2n) is 5.94. The Morgan fingerprint density at radius 3 is 2.05 bits per heavy atom. The Labute approximate surface area is 123 Å². The monoisotopic (exact) mass is 276 g/mol. The van der Waals surface area contributed by atoms with E-state index in [0.717, 1.165) is 12.2 Å². The second kappa shape index (κ2) is 8.18. The molecule has 0 bridgehead atoms. The second-order valence-corrected chi connectivity index (χ2v) is 5.94. The fourth-order valence-electron chi connectivity index (χ4n) is 2.79. The molecule has 1 aromatic carbocycles. The number of hydrogen-bond donors (Lipinski definition) is 1. The quantitative estimate of drug-likeness (QED) is 0.405. The largest absolute Gasteiger partial charge is 0.504 e. The highest BCUT2D eigenvalue weighted by Crippen LogP contribution is 2.54. The molecule has 0 spiro atoms. The van der Waals surface area contributed by atoms with E-state index in [1.54, 1.807) is 6.07 Å². The summed E-state index contributed by atoms with van der Waals surface area (Å²) in [6.45, 7) is 2.27. The molecule has 0 aromatic heterocycles. The molecule has 0 atom stereocenters. The minimum Gasteiger partial charge on any atom is -0.504 e. The van der Waals surface area contributed by atoms with Gasteiger partial charge >= 0.3 is 0 Å². The van der Waals surface area contributed by atoms with Gasteiger partial charge in [-0.25, -0.2) is 0 Å². The number of benzene rings is 1. The highest BCUT2D eigenvalue weighted by Gasteiger charge is 2.28. The van der Waals surface area contributed by atoms with Crippen LogP contribution in [0, 0.1) is 0 Å². The Bertz CT molecular complexity index is 412. The summed E-state index contributed by atoms with van der Waals surface area (Å²) in [4.78, 5) is 0. The summed E-state index contributed by atoms with van der Waals surface area (Å²) in [6.07, 6.45) is 14.8. The Hall–Kier alpha value is -1.18. The average molecular weight is 276 g/mol. The van der Waals surface area contributed by atoms with E-state index < -0.39 is 0 Å². The number of aryl methyl sites for hydroxylation is 1. The van der Waals surface area contributed by atoms with Crippen molar-refractivity contribution in [2.45, 2.75) is 77.6 Å². The van der Waals surface area contributed by atoms with E-state index >= 15 is 0 Å². The van der Waals surface area contributed by atoms with Crippen molar-refractivity contribution in [3.05, 3.63) is 17.7 Å². The van der Waals surface area contributed by atoms with Gasteiger partial charge in [0.1, 0.15) is 0 Å². The lowest BCUT2D eigenvalue weighted by Crippen LogP contribution is -1.85. The van der Waals surface area contributed by atoms with Gasteiger partial charge in [-0.1, -0.05) is 70.8 Å². The first kappa shape index (κ1) is 15.2.